The molecule has 1 saturated heterocycles. The number of hydrogen-bond donors (Lipinski definition) is 0. The van der Waals surface area contributed by atoms with Gasteiger partial charge in [0.2, 0.25) is 5.91 Å². The van der Waals surface area contributed by atoms with Crippen molar-refractivity contribution in [3.8, 4) is 0 Å². The van der Waals surface area contributed by atoms with E-state index in [0.29, 0.717) is 25.6 Å². The van der Waals surface area contributed by atoms with Crippen LogP contribution in [0.1, 0.15) is 39.2 Å². The Balaban J connectivity index is 1.78. The number of nitrogens with zero attached hydrogens (tertiary/aromatic N) is 2. The normalized spacial score (nSPS) is 15.8. The summed E-state index contributed by atoms with van der Waals surface area (Å²) < 4.78 is 18.3. The summed E-state index contributed by atoms with van der Waals surface area (Å²) in [5, 5.41) is 0. The monoisotopic (exact) mass is 376 g/mol. The molecule has 27 heavy (non-hydrogen) atoms. The highest BCUT2D eigenvalue weighted by Gasteiger charge is 2.25. The Hall–Kier alpha value is -2.37. The number of piperidine rings is 1. The van der Waals surface area contributed by atoms with Gasteiger partial charge >= 0.3 is 6.09 Å². The molecule has 0 aromatic heterocycles. The van der Waals surface area contributed by atoms with E-state index in [-0.39, 0.29) is 17.8 Å². The second-order valence-corrected chi connectivity index (χ2v) is 8.01. The van der Waals surface area contributed by atoms with Gasteiger partial charge in [-0.05, 0) is 63.3 Å². The second kappa shape index (κ2) is 9.02. The summed E-state index contributed by atoms with van der Waals surface area (Å²) in [5.74, 6) is 0.0165. The molecule has 1 heterocycles. The predicted molar refractivity (Wildman–Crippen MR) is 104 cm³/mol. The summed E-state index contributed by atoms with van der Waals surface area (Å²) in [5.41, 5.74) is 0.288. The summed E-state index contributed by atoms with van der Waals surface area (Å²) in [6.45, 7) is 7.51. The average Bonchev–Trinajstić information content (AvgIpc) is 2.60. The van der Waals surface area contributed by atoms with Crippen LogP contribution < -0.4 is 0 Å². The third-order valence-corrected chi connectivity index (χ3v) is 4.45. The molecule has 5 nitrogen and oxygen atoms in total. The van der Waals surface area contributed by atoms with Crippen LogP contribution in [0.5, 0.6) is 0 Å². The van der Waals surface area contributed by atoms with Gasteiger partial charge in [0.25, 0.3) is 0 Å². The van der Waals surface area contributed by atoms with Gasteiger partial charge in [-0.25, -0.2) is 9.18 Å². The van der Waals surface area contributed by atoms with Crippen molar-refractivity contribution in [3.63, 3.8) is 0 Å². The topological polar surface area (TPSA) is 49.9 Å². The van der Waals surface area contributed by atoms with Crippen molar-refractivity contribution in [2.75, 3.05) is 26.7 Å². The van der Waals surface area contributed by atoms with Crippen LogP contribution in [0.4, 0.5) is 9.18 Å². The number of likely N-dealkylation sites (tertiary alicyclic amines) is 1. The molecule has 0 unspecified atom stereocenters. The number of amides is 2. The Morgan fingerprint density at radius 2 is 1.81 bits per heavy atom. The lowest BCUT2D eigenvalue weighted by molar-refractivity contribution is -0.127. The van der Waals surface area contributed by atoms with Gasteiger partial charge in [0.05, 0.1) is 0 Å². The van der Waals surface area contributed by atoms with Gasteiger partial charge in [0, 0.05) is 32.8 Å². The van der Waals surface area contributed by atoms with Crippen LogP contribution in [-0.4, -0.2) is 54.1 Å². The Morgan fingerprint density at radius 3 is 2.37 bits per heavy atom. The predicted octanol–water partition coefficient (Wildman–Crippen LogP) is 3.94. The minimum Gasteiger partial charge on any atom is -0.444 e. The maximum atomic E-state index is 12.9. The van der Waals surface area contributed by atoms with E-state index in [4.69, 9.17) is 4.74 Å². The molecule has 1 fully saturated rings. The lowest BCUT2D eigenvalue weighted by Gasteiger charge is -2.34. The molecule has 2 amide bonds. The fraction of sp³-hybridized carbons (Fsp3) is 0.524. The maximum Gasteiger partial charge on any atom is 0.410 e. The molecule has 0 spiro atoms. The van der Waals surface area contributed by atoms with Crippen LogP contribution in [0.2, 0.25) is 0 Å². The van der Waals surface area contributed by atoms with E-state index in [0.717, 1.165) is 18.4 Å². The fourth-order valence-corrected chi connectivity index (χ4v) is 2.98. The molecule has 2 rings (SSSR count). The summed E-state index contributed by atoms with van der Waals surface area (Å²) in [4.78, 5) is 27.8. The van der Waals surface area contributed by atoms with E-state index >= 15 is 0 Å². The van der Waals surface area contributed by atoms with Crippen LogP contribution in [-0.2, 0) is 9.53 Å². The lowest BCUT2D eigenvalue weighted by Crippen LogP contribution is -2.42. The zero-order chi connectivity index (χ0) is 20.0. The van der Waals surface area contributed by atoms with Gasteiger partial charge in [-0.1, -0.05) is 12.1 Å². The highest BCUT2D eigenvalue weighted by molar-refractivity contribution is 5.91. The van der Waals surface area contributed by atoms with Crippen molar-refractivity contribution in [3.05, 3.63) is 41.7 Å². The van der Waals surface area contributed by atoms with Gasteiger partial charge < -0.3 is 14.5 Å². The quantitative estimate of drug-likeness (QED) is 0.748. The molecule has 0 bridgehead atoms. The molecule has 1 aliphatic heterocycles. The van der Waals surface area contributed by atoms with Crippen molar-refractivity contribution in [2.24, 2.45) is 5.92 Å². The maximum absolute atomic E-state index is 12.9. The first-order chi connectivity index (χ1) is 12.6. The Kier molecular flexibility index (Phi) is 6.99. The largest absolute Gasteiger partial charge is 0.444 e. The van der Waals surface area contributed by atoms with Crippen molar-refractivity contribution in [1.29, 1.82) is 0 Å². The minimum absolute atomic E-state index is 0.0433. The Labute approximate surface area is 160 Å². The molecular formula is C21H29FN2O3. The zero-order valence-electron chi connectivity index (χ0n) is 16.6. The third-order valence-electron chi connectivity index (χ3n) is 4.45. The smallest absolute Gasteiger partial charge is 0.410 e. The van der Waals surface area contributed by atoms with Crippen LogP contribution in [0, 0.1) is 11.7 Å². The fourth-order valence-electron chi connectivity index (χ4n) is 2.98. The molecule has 1 aromatic rings. The standard InChI is InChI=1S/C21H29FN2O3/c1-21(2,3)27-20(26)23(4)15-17-11-13-24(14-12-17)19(25)10-7-16-5-8-18(22)9-6-16/h5-10,17H,11-15H2,1-4H3/b10-7+. The van der Waals surface area contributed by atoms with Crippen molar-refractivity contribution in [2.45, 2.75) is 39.2 Å². The van der Waals surface area contributed by atoms with Gasteiger partial charge in [0.15, 0.2) is 0 Å². The molecule has 0 aliphatic carbocycles. The lowest BCUT2D eigenvalue weighted by atomic mass is 9.96. The third kappa shape index (κ3) is 7.04. The van der Waals surface area contributed by atoms with E-state index in [1.807, 2.05) is 25.7 Å². The molecule has 0 atom stereocenters. The first kappa shape index (κ1) is 20.9. The summed E-state index contributed by atoms with van der Waals surface area (Å²) >= 11 is 0. The summed E-state index contributed by atoms with van der Waals surface area (Å²) in [7, 11) is 1.75. The van der Waals surface area contributed by atoms with E-state index < -0.39 is 5.60 Å². The van der Waals surface area contributed by atoms with Gasteiger partial charge in [-0.2, -0.15) is 0 Å². The Morgan fingerprint density at radius 1 is 1.22 bits per heavy atom. The first-order valence-corrected chi connectivity index (χ1v) is 9.31. The number of ether oxygens (including phenoxy) is 1. The van der Waals surface area contributed by atoms with Crippen LogP contribution in [0.3, 0.4) is 0 Å². The second-order valence-electron chi connectivity index (χ2n) is 8.01. The SMILES string of the molecule is CN(CC1CCN(C(=O)/C=C/c2ccc(F)cc2)CC1)C(=O)OC(C)(C)C. The average molecular weight is 376 g/mol. The molecule has 6 heteroatoms. The van der Waals surface area contributed by atoms with Gasteiger partial charge in [-0.3, -0.25) is 4.79 Å². The van der Waals surface area contributed by atoms with E-state index in [9.17, 15) is 14.0 Å². The van der Waals surface area contributed by atoms with E-state index in [1.165, 1.54) is 18.2 Å². The first-order valence-electron chi connectivity index (χ1n) is 9.31. The minimum atomic E-state index is -0.502. The van der Waals surface area contributed by atoms with E-state index in [2.05, 4.69) is 0 Å². The van der Waals surface area contributed by atoms with Crippen LogP contribution in [0.25, 0.3) is 6.08 Å². The van der Waals surface area contributed by atoms with Crippen molar-refractivity contribution >= 4 is 18.1 Å². The molecule has 1 aromatic carbocycles. The molecule has 148 valence electrons. The highest BCUT2D eigenvalue weighted by Crippen LogP contribution is 2.20. The number of halogens is 1. The number of hydrogen-bond acceptors (Lipinski definition) is 3. The molecule has 0 saturated carbocycles. The van der Waals surface area contributed by atoms with Crippen LogP contribution >= 0.6 is 0 Å². The molecule has 0 N–H and O–H groups in total. The summed E-state index contributed by atoms with van der Waals surface area (Å²) in [6.07, 6.45) is 4.61. The number of rotatable bonds is 4. The number of carbonyl (C=O) groups excluding carboxylic acids is 2. The summed E-state index contributed by atoms with van der Waals surface area (Å²) in [6, 6.07) is 6.02. The van der Waals surface area contributed by atoms with E-state index in [1.54, 1.807) is 30.2 Å². The van der Waals surface area contributed by atoms with Gasteiger partial charge in [0.1, 0.15) is 11.4 Å². The highest BCUT2D eigenvalue weighted by atomic mass is 19.1. The van der Waals surface area contributed by atoms with Crippen molar-refractivity contribution < 1.29 is 18.7 Å². The molecule has 0 radical (unpaired) electrons. The van der Waals surface area contributed by atoms with Gasteiger partial charge in [-0.15, -0.1) is 0 Å². The Bertz CT molecular complexity index is 672. The molecular weight excluding hydrogens is 347 g/mol. The zero-order valence-corrected chi connectivity index (χ0v) is 16.6. The number of benzene rings is 1. The van der Waals surface area contributed by atoms with Crippen LogP contribution in [0.15, 0.2) is 30.3 Å². The molecule has 1 aliphatic rings. The number of carbonyl (C=O) groups is 2. The van der Waals surface area contributed by atoms with Crippen molar-refractivity contribution in [1.82, 2.24) is 9.80 Å².